The quantitative estimate of drug-likeness (QED) is 0.0191. The molecule has 0 fully saturated rings. The van der Waals surface area contributed by atoms with Crippen molar-refractivity contribution in [3.63, 3.8) is 0 Å². The van der Waals surface area contributed by atoms with Crippen LogP contribution in [0.5, 0.6) is 0 Å². The van der Waals surface area contributed by atoms with Gasteiger partial charge < -0.3 is 44.8 Å². The lowest BCUT2D eigenvalue weighted by Gasteiger charge is -2.39. The molecule has 0 spiro atoms. The molecule has 0 aliphatic heterocycles. The van der Waals surface area contributed by atoms with Gasteiger partial charge in [-0.3, -0.25) is 0 Å². The smallest absolute Gasteiger partial charge is 0.221 e. The van der Waals surface area contributed by atoms with E-state index >= 15 is 0 Å². The SMILES string of the molecule is CC(C)(C)[Si](C)(C)Nc1nc(N[Si](C)(C)C(C)(C)C)nc(N[Si](C)(C)C(C)(C)C)n1.CC[Si](CC)(CC)Nc1nc(N[Si](CC)(CC)CC)nc(N[Si](CC)(CC)CC)n1.C[Si](C)(Nc1nc(N[Si](C)(C)c2ccccc2)nc(N[Si](C)(C)c2ccccc2)n1)c1ccccc1. The normalized spacial score (nSPS) is 13.1. The Morgan fingerprint density at radius 2 is 0.375 bits per heavy atom. The van der Waals surface area contributed by atoms with Gasteiger partial charge in [-0.2, -0.15) is 44.9 Å². The van der Waals surface area contributed by atoms with Crippen LogP contribution in [0, 0.1) is 0 Å². The van der Waals surface area contributed by atoms with E-state index in [4.69, 9.17) is 44.9 Å². The Balaban J connectivity index is 0.000000309. The summed E-state index contributed by atoms with van der Waals surface area (Å²) in [6.07, 6.45) is 0. The summed E-state index contributed by atoms with van der Waals surface area (Å²) >= 11 is 0. The molecule has 0 bridgehead atoms. The van der Waals surface area contributed by atoms with Crippen molar-refractivity contribution >= 4 is 143 Å². The fourth-order valence-corrected chi connectivity index (χ4v) is 26.9. The highest BCUT2D eigenvalue weighted by atomic mass is 28.4. The van der Waals surface area contributed by atoms with Crippen LogP contribution in [0.15, 0.2) is 91.0 Å². The molecule has 0 amide bonds. The van der Waals surface area contributed by atoms with E-state index in [2.05, 4.69) is 321 Å². The van der Waals surface area contributed by atoms with E-state index in [9.17, 15) is 0 Å². The molecule has 3 aromatic heterocycles. The van der Waals surface area contributed by atoms with Crippen molar-refractivity contribution in [3.05, 3.63) is 91.0 Å². The molecule has 6 aromatic rings. The van der Waals surface area contributed by atoms with Crippen LogP contribution in [0.3, 0.4) is 0 Å². The van der Waals surface area contributed by atoms with Crippen molar-refractivity contribution in [2.75, 3.05) is 44.8 Å². The second-order valence-electron chi connectivity index (χ2n) is 32.7. The third kappa shape index (κ3) is 23.2. The molecule has 0 aliphatic carbocycles. The molecule has 18 nitrogen and oxygen atoms in total. The Kier molecular flexibility index (Phi) is 29.3. The first-order valence-electron chi connectivity index (χ1n) is 35.8. The zero-order chi connectivity index (χ0) is 72.6. The van der Waals surface area contributed by atoms with E-state index in [1.54, 1.807) is 0 Å². The number of nitrogens with one attached hydrogen (secondary N) is 9. The van der Waals surface area contributed by atoms with Gasteiger partial charge in [-0.1, -0.05) is 255 Å². The van der Waals surface area contributed by atoms with Gasteiger partial charge in [0.05, 0.1) is 0 Å². The van der Waals surface area contributed by atoms with Crippen LogP contribution in [0.4, 0.5) is 53.5 Å². The number of aromatic nitrogens is 9. The first-order chi connectivity index (χ1) is 44.3. The predicted molar refractivity (Wildman–Crippen MR) is 446 cm³/mol. The first-order valence-corrected chi connectivity index (χ1v) is 61.7. The minimum atomic E-state index is -2.05. The van der Waals surface area contributed by atoms with Crippen LogP contribution in [0.25, 0.3) is 0 Å². The lowest BCUT2D eigenvalue weighted by atomic mass is 10.2. The maximum Gasteiger partial charge on any atom is 0.221 e. The minimum Gasteiger partial charge on any atom is -0.380 e. The summed E-state index contributed by atoms with van der Waals surface area (Å²) in [4.78, 5) is 77.5. The molecular formula is C69H132N18Si9. The van der Waals surface area contributed by atoms with Crippen LogP contribution in [-0.2, 0) is 0 Å². The van der Waals surface area contributed by atoms with Crippen LogP contribution < -0.4 is 60.4 Å². The molecule has 3 heterocycles. The molecule has 534 valence electrons. The van der Waals surface area contributed by atoms with Gasteiger partial charge in [0, 0.05) is 0 Å². The summed E-state index contributed by atoms with van der Waals surface area (Å²) in [5, 5.41) is 4.44. The van der Waals surface area contributed by atoms with Gasteiger partial charge in [-0.15, -0.1) is 0 Å². The number of nitrogens with zero attached hydrogens (tertiary/aromatic N) is 9. The standard InChI is InChI=1S/C27H36N6Si3.2C21H48N6Si3/c1-34(2,22-16-10-7-11-17-22)31-25-28-26(32-35(3,4)23-18-12-8-13-19-23)30-27(29-25)33-36(5,6)24-20-14-9-15-21-24;1-19(2,3)28(10,11)25-16-22-17(26-29(12,13)20(4,5)6)24-18(23-16)27-30(14,15)21(7,8)9;1-10-28(11-2,12-3)25-19-22-20(26-29(13-4,14-5)15-6)24-21(23-19)27-30(16-7,17-8)18-9/h7-21H,1-6H3,(H3,28,29,30,31,32,33);1-15H3,(H3,22,23,24,25,26,27);10-18H2,1-9H3,(H3,22,23,24,25,26,27). The fourth-order valence-electron chi connectivity index (χ4n) is 10.4. The fraction of sp³-hybridized carbons (Fsp3) is 0.609. The Bertz CT molecular complexity index is 2870. The highest BCUT2D eigenvalue weighted by Gasteiger charge is 2.41. The van der Waals surface area contributed by atoms with Crippen molar-refractivity contribution in [1.82, 2.24) is 44.9 Å². The molecule has 0 saturated carbocycles. The molecule has 96 heavy (non-hydrogen) atoms. The number of benzene rings is 3. The topological polar surface area (TPSA) is 224 Å². The minimum absolute atomic E-state index is 0.180. The summed E-state index contributed by atoms with van der Waals surface area (Å²) in [6, 6.07) is 42.4. The van der Waals surface area contributed by atoms with Gasteiger partial charge >= 0.3 is 0 Å². The van der Waals surface area contributed by atoms with Gasteiger partial charge in [0.2, 0.25) is 53.5 Å². The van der Waals surface area contributed by atoms with E-state index in [-0.39, 0.29) is 15.1 Å². The van der Waals surface area contributed by atoms with Crippen LogP contribution >= 0.6 is 0 Å². The van der Waals surface area contributed by atoms with E-state index in [0.717, 1.165) is 17.8 Å². The second kappa shape index (κ2) is 33.8. The zero-order valence-electron chi connectivity index (χ0n) is 65.5. The Labute approximate surface area is 592 Å². The van der Waals surface area contributed by atoms with E-state index < -0.39 is 74.1 Å². The Morgan fingerprint density at radius 1 is 0.229 bits per heavy atom. The molecular weight excluding hydrogens is 1330 g/mol. The molecule has 0 unspecified atom stereocenters. The highest BCUT2D eigenvalue weighted by Crippen LogP contribution is 2.40. The third-order valence-corrected chi connectivity index (χ3v) is 57.9. The monoisotopic (exact) mass is 1460 g/mol. The van der Waals surface area contributed by atoms with Crippen molar-refractivity contribution in [3.8, 4) is 0 Å². The van der Waals surface area contributed by atoms with E-state index in [0.29, 0.717) is 35.7 Å². The second-order valence-corrected chi connectivity index (χ2v) is 74.7. The average molecular weight is 1470 g/mol. The molecule has 0 aliphatic rings. The average Bonchev–Trinajstić information content (AvgIpc) is 0.803. The van der Waals surface area contributed by atoms with Gasteiger partial charge in [0.15, 0.2) is 74.1 Å². The number of anilines is 9. The summed E-state index contributed by atoms with van der Waals surface area (Å²) in [5.74, 6) is 6.15. The zero-order valence-corrected chi connectivity index (χ0v) is 74.5. The van der Waals surface area contributed by atoms with Crippen molar-refractivity contribution < 1.29 is 0 Å². The van der Waals surface area contributed by atoms with Crippen LogP contribution in [-0.4, -0.2) is 119 Å². The summed E-state index contributed by atoms with van der Waals surface area (Å²) in [7, 11) is -16.4. The largest absolute Gasteiger partial charge is 0.380 e. The molecule has 6 rings (SSSR count). The van der Waals surface area contributed by atoms with Gasteiger partial charge in [-0.25, -0.2) is 0 Å². The van der Waals surface area contributed by atoms with Gasteiger partial charge in [-0.05, 0) is 124 Å². The van der Waals surface area contributed by atoms with E-state index in [1.807, 2.05) is 18.2 Å². The van der Waals surface area contributed by atoms with Crippen molar-refractivity contribution in [2.45, 2.75) is 273 Å². The molecule has 0 saturated heterocycles. The third-order valence-electron chi connectivity index (χ3n) is 21.8. The molecule has 0 atom stereocenters. The predicted octanol–water partition coefficient (Wildman–Crippen LogP) is 18.7. The molecule has 27 heteroatoms. The van der Waals surface area contributed by atoms with Crippen LogP contribution in [0.1, 0.15) is 125 Å². The molecule has 9 N–H and O–H groups in total. The lowest BCUT2D eigenvalue weighted by Crippen LogP contribution is -2.52. The Hall–Kier alpha value is -5.16. The number of rotatable bonds is 30. The van der Waals surface area contributed by atoms with E-state index in [1.165, 1.54) is 70.0 Å². The van der Waals surface area contributed by atoms with Gasteiger partial charge in [0.1, 0.15) is 0 Å². The van der Waals surface area contributed by atoms with Crippen molar-refractivity contribution in [1.29, 1.82) is 0 Å². The van der Waals surface area contributed by atoms with Gasteiger partial charge in [0.25, 0.3) is 0 Å². The maximum atomic E-state index is 4.90. The molecule has 0 radical (unpaired) electrons. The first kappa shape index (κ1) is 83.3. The summed E-state index contributed by atoms with van der Waals surface area (Å²) in [5.41, 5.74) is 0. The molecule has 3 aromatic carbocycles. The lowest BCUT2D eigenvalue weighted by molar-refractivity contribution is 0.720. The number of hydrogen-bond acceptors (Lipinski definition) is 18. The highest BCUT2D eigenvalue weighted by molar-refractivity contribution is 6.93. The van der Waals surface area contributed by atoms with Crippen LogP contribution in [0.2, 0.25) is 148 Å². The van der Waals surface area contributed by atoms with Crippen molar-refractivity contribution in [2.24, 2.45) is 0 Å². The Morgan fingerprint density at radius 3 is 0.521 bits per heavy atom. The summed E-state index contributed by atoms with van der Waals surface area (Å²) < 4.78 is 0. The summed E-state index contributed by atoms with van der Waals surface area (Å²) in [6.45, 7) is 69.0. The maximum absolute atomic E-state index is 4.90. The number of hydrogen-bond donors (Lipinski definition) is 9.